The van der Waals surface area contributed by atoms with Gasteiger partial charge in [0.25, 0.3) is 10.1 Å². The first kappa shape index (κ1) is 38.1. The summed E-state index contributed by atoms with van der Waals surface area (Å²) in [6.07, 6.45) is -6.95. The van der Waals surface area contributed by atoms with E-state index in [1.807, 2.05) is 0 Å². The smallest absolute Gasteiger partial charge is 0.870 e. The summed E-state index contributed by atoms with van der Waals surface area (Å²) in [7, 11) is -11.0. The Balaban J connectivity index is 0.00000441. The number of benzene rings is 3. The number of carbonyl (C=O) groups excluding carboxylic acids is 1. The van der Waals surface area contributed by atoms with Crippen LogP contribution >= 0.6 is 0 Å². The van der Waals surface area contributed by atoms with E-state index >= 15 is 0 Å². The van der Waals surface area contributed by atoms with E-state index in [0.29, 0.717) is 0 Å². The van der Waals surface area contributed by atoms with Crippen molar-refractivity contribution in [2.24, 2.45) is 10.2 Å². The number of anilines is 1. The summed E-state index contributed by atoms with van der Waals surface area (Å²) in [5.74, 6) is -18.6. The maximum Gasteiger partial charge on any atom is 1.00 e. The van der Waals surface area contributed by atoms with Crippen molar-refractivity contribution in [3.63, 3.8) is 0 Å². The van der Waals surface area contributed by atoms with Crippen molar-refractivity contribution < 1.29 is 126 Å². The van der Waals surface area contributed by atoms with Crippen LogP contribution in [0.5, 0.6) is 5.75 Å². The molecule has 3 aromatic rings. The van der Waals surface area contributed by atoms with Crippen molar-refractivity contribution >= 4 is 54.0 Å². The van der Waals surface area contributed by atoms with Gasteiger partial charge in [0.15, 0.2) is 0 Å². The first-order valence-electron chi connectivity index (χ1n) is 9.95. The van der Waals surface area contributed by atoms with Crippen LogP contribution in [0.3, 0.4) is 0 Å². The van der Waals surface area contributed by atoms with Gasteiger partial charge in [0.2, 0.25) is 0 Å². The van der Waals surface area contributed by atoms with Gasteiger partial charge < -0.3 is 15.0 Å². The fourth-order valence-electron chi connectivity index (χ4n) is 3.10. The molecule has 0 saturated heterocycles. The quantitative estimate of drug-likeness (QED) is 0.129. The molecule has 0 radical (unpaired) electrons. The predicted molar refractivity (Wildman–Crippen MR) is 116 cm³/mol. The van der Waals surface area contributed by atoms with Gasteiger partial charge in [-0.1, -0.05) is 23.9 Å². The molecular weight excluding hydrogens is 653 g/mol. The van der Waals surface area contributed by atoms with Crippen LogP contribution < -0.4 is 69.5 Å². The summed E-state index contributed by atoms with van der Waals surface area (Å²) < 4.78 is 160. The molecule has 0 aromatic heterocycles. The second kappa shape index (κ2) is 13.0. The Hall–Kier alpha value is -1.88. The third kappa shape index (κ3) is 7.60. The molecule has 0 unspecified atom stereocenters. The van der Waals surface area contributed by atoms with Crippen LogP contribution in [0.2, 0.25) is 0 Å². The minimum Gasteiger partial charge on any atom is -0.870 e. The molecule has 1 amide bonds. The molecule has 0 aliphatic rings. The normalized spacial score (nSPS) is 13.0. The first-order chi connectivity index (χ1) is 18.1. The molecule has 216 valence electrons. The fraction of sp³-hybridized carbons (Fsp3) is 0.150. The minimum absolute atomic E-state index is 0. The predicted octanol–water partition coefficient (Wildman–Crippen LogP) is -1.74. The van der Waals surface area contributed by atoms with E-state index < -0.39 is 81.9 Å². The average molecular weight is 663 g/mol. The van der Waals surface area contributed by atoms with Crippen LogP contribution in [0, 0.1) is 0 Å². The average Bonchev–Trinajstić information content (AvgIpc) is 2.81. The number of carbonyl (C=O) groups is 1. The first-order valence-corrected chi connectivity index (χ1v) is 12.8. The molecule has 11 nitrogen and oxygen atoms in total. The SMILES string of the molecule is O=C(Nc1cc(S(=O)(=O)[O-])cc2cc(S(=O)(=O)O)c(N=Nc3ccccc3)c([O-])c12)C(F)(F)C(F)(F)C(F)(F)F.[Na+].[Na+]. The third-order valence-electron chi connectivity index (χ3n) is 4.98. The van der Waals surface area contributed by atoms with E-state index in [0.717, 1.165) is 5.32 Å². The van der Waals surface area contributed by atoms with Crippen LogP contribution in [0.15, 0.2) is 68.6 Å². The van der Waals surface area contributed by atoms with Crippen LogP contribution in [-0.2, 0) is 25.0 Å². The largest absolute Gasteiger partial charge is 1.00 e. The minimum atomic E-state index is -6.96. The molecule has 0 fully saturated rings. The zero-order chi connectivity index (χ0) is 30.5. The molecule has 3 rings (SSSR count). The molecule has 0 atom stereocenters. The monoisotopic (exact) mass is 663 g/mol. The Bertz CT molecular complexity index is 1760. The second-order valence-corrected chi connectivity index (χ2v) is 10.5. The van der Waals surface area contributed by atoms with Crippen molar-refractivity contribution in [1.29, 1.82) is 0 Å². The van der Waals surface area contributed by atoms with Gasteiger partial charge >= 0.3 is 83.0 Å². The van der Waals surface area contributed by atoms with Crippen molar-refractivity contribution in [2.45, 2.75) is 27.8 Å². The van der Waals surface area contributed by atoms with Gasteiger partial charge in [0.05, 0.1) is 16.3 Å². The molecule has 0 bridgehead atoms. The molecule has 0 aliphatic carbocycles. The molecule has 2 N–H and O–H groups in total. The van der Waals surface area contributed by atoms with Gasteiger partial charge in [0, 0.05) is 5.69 Å². The molecule has 3 aromatic carbocycles. The summed E-state index contributed by atoms with van der Waals surface area (Å²) in [5, 5.41) is 18.8. The molecule has 42 heavy (non-hydrogen) atoms. The van der Waals surface area contributed by atoms with E-state index in [2.05, 4.69) is 10.2 Å². The number of rotatable bonds is 7. The zero-order valence-corrected chi connectivity index (χ0v) is 26.4. The zero-order valence-electron chi connectivity index (χ0n) is 20.8. The summed E-state index contributed by atoms with van der Waals surface area (Å²) in [5.41, 5.74) is -2.81. The van der Waals surface area contributed by atoms with Gasteiger partial charge in [-0.25, -0.2) is 8.42 Å². The molecule has 0 aliphatic heterocycles. The van der Waals surface area contributed by atoms with Gasteiger partial charge in [0.1, 0.15) is 15.0 Å². The number of nitrogens with one attached hydrogen (secondary N) is 1. The topological polar surface area (TPSA) is 188 Å². The number of amides is 1. The Morgan fingerprint density at radius 1 is 0.881 bits per heavy atom. The van der Waals surface area contributed by atoms with E-state index in [1.165, 1.54) is 30.3 Å². The van der Waals surface area contributed by atoms with Crippen molar-refractivity contribution in [2.75, 3.05) is 5.32 Å². The van der Waals surface area contributed by atoms with Gasteiger partial charge in [-0.2, -0.15) is 44.3 Å². The van der Waals surface area contributed by atoms with Gasteiger partial charge in [-0.15, -0.1) is 5.11 Å². The van der Waals surface area contributed by atoms with Gasteiger partial charge in [-0.3, -0.25) is 9.35 Å². The van der Waals surface area contributed by atoms with E-state index in [4.69, 9.17) is 0 Å². The molecule has 0 heterocycles. The Morgan fingerprint density at radius 2 is 1.43 bits per heavy atom. The third-order valence-corrected chi connectivity index (χ3v) is 6.66. The summed E-state index contributed by atoms with van der Waals surface area (Å²) in [6, 6.07) is 7.51. The van der Waals surface area contributed by atoms with E-state index in [-0.39, 0.29) is 83.0 Å². The number of alkyl halides is 7. The maximum absolute atomic E-state index is 13.9. The number of hydrogen-bond acceptors (Lipinski definition) is 9. The van der Waals surface area contributed by atoms with Crippen molar-refractivity contribution in [3.8, 4) is 5.75 Å². The Morgan fingerprint density at radius 3 is 1.90 bits per heavy atom. The van der Waals surface area contributed by atoms with Crippen LogP contribution in [0.1, 0.15) is 0 Å². The van der Waals surface area contributed by atoms with Crippen LogP contribution in [0.4, 0.5) is 47.8 Å². The Kier molecular flexibility index (Phi) is 11.8. The number of halogens is 7. The van der Waals surface area contributed by atoms with E-state index in [9.17, 15) is 66.6 Å². The van der Waals surface area contributed by atoms with Crippen LogP contribution in [0.25, 0.3) is 10.8 Å². The fourth-order valence-corrected chi connectivity index (χ4v) is 4.29. The van der Waals surface area contributed by atoms with E-state index in [1.54, 1.807) is 0 Å². The Labute approximate surface area is 275 Å². The summed E-state index contributed by atoms with van der Waals surface area (Å²) in [6.45, 7) is 0. The summed E-state index contributed by atoms with van der Waals surface area (Å²) in [4.78, 5) is 9.08. The number of nitrogens with zero attached hydrogens (tertiary/aromatic N) is 2. The molecular formula is C20H10F7N3Na2O8S2. The molecule has 0 spiro atoms. The standard InChI is InChI=1S/C20H12F7N3O8S2.2Na/c21-18(22,19(23,24)20(25,26)27)17(32)28-12-8-11(39(33,34)35)6-9-7-13(40(36,37)38)15(16(31)14(9)12)30-29-10-4-2-1-3-5-10;;/h1-8,31H,(H,28,32)(H,33,34,35)(H,36,37,38);;/q;2*+1/p-2. The second-order valence-electron chi connectivity index (χ2n) is 7.69. The number of azo groups is 1. The van der Waals surface area contributed by atoms with Crippen molar-refractivity contribution in [1.82, 2.24) is 0 Å². The number of fused-ring (bicyclic) bond motifs is 1. The van der Waals surface area contributed by atoms with Crippen LogP contribution in [-0.4, -0.2) is 49.9 Å². The molecule has 0 saturated carbocycles. The van der Waals surface area contributed by atoms with Gasteiger partial charge in [-0.05, 0) is 41.1 Å². The number of hydrogen-bond donors (Lipinski definition) is 2. The van der Waals surface area contributed by atoms with Crippen molar-refractivity contribution in [3.05, 3.63) is 48.5 Å². The molecule has 22 heteroatoms. The maximum atomic E-state index is 13.9. The summed E-state index contributed by atoms with van der Waals surface area (Å²) >= 11 is 0.